The molecule has 1 aromatic heterocycles. The summed E-state index contributed by atoms with van der Waals surface area (Å²) in [7, 11) is 0. The van der Waals surface area contributed by atoms with Gasteiger partial charge >= 0.3 is 5.97 Å². The van der Waals surface area contributed by atoms with Crippen molar-refractivity contribution in [3.8, 4) is 0 Å². The van der Waals surface area contributed by atoms with Crippen LogP contribution in [0.3, 0.4) is 0 Å². The number of rotatable bonds is 6. The molecule has 1 fully saturated rings. The second kappa shape index (κ2) is 6.33. The fourth-order valence-corrected chi connectivity index (χ4v) is 3.21. The summed E-state index contributed by atoms with van der Waals surface area (Å²) in [6.45, 7) is 4.57. The molecule has 0 radical (unpaired) electrons. The first-order chi connectivity index (χ1) is 9.97. The zero-order valence-electron chi connectivity index (χ0n) is 12.7. The molecule has 0 bridgehead atoms. The van der Waals surface area contributed by atoms with Gasteiger partial charge in [0.1, 0.15) is 12.2 Å². The number of carbonyl (C=O) groups is 2. The molecule has 116 valence electrons. The van der Waals surface area contributed by atoms with Crippen molar-refractivity contribution in [2.45, 2.75) is 52.4 Å². The maximum Gasteiger partial charge on any atom is 0.311 e. The Balaban J connectivity index is 2.06. The van der Waals surface area contributed by atoms with Gasteiger partial charge in [0.2, 0.25) is 0 Å². The Morgan fingerprint density at radius 3 is 2.62 bits per heavy atom. The highest BCUT2D eigenvalue weighted by molar-refractivity contribution is 5.97. The molecule has 1 aliphatic carbocycles. The third kappa shape index (κ3) is 3.46. The first-order valence-electron chi connectivity index (χ1n) is 7.54. The Bertz CT molecular complexity index is 526. The van der Waals surface area contributed by atoms with E-state index >= 15 is 0 Å². The number of nitrogens with one attached hydrogen (secondary N) is 1. The predicted molar refractivity (Wildman–Crippen MR) is 78.3 cm³/mol. The summed E-state index contributed by atoms with van der Waals surface area (Å²) < 4.78 is 5.21. The number of amides is 1. The molecule has 1 aromatic rings. The van der Waals surface area contributed by atoms with Gasteiger partial charge in [0.25, 0.3) is 5.91 Å². The van der Waals surface area contributed by atoms with Crippen LogP contribution in [0, 0.1) is 12.3 Å². The summed E-state index contributed by atoms with van der Waals surface area (Å²) in [5.74, 6) is -0.995. The molecular formula is C16H23NO4. The summed E-state index contributed by atoms with van der Waals surface area (Å²) in [6.07, 6.45) is 6.97. The highest BCUT2D eigenvalue weighted by Crippen LogP contribution is 2.40. The topological polar surface area (TPSA) is 79.5 Å². The van der Waals surface area contributed by atoms with Crippen LogP contribution in [0.25, 0.3) is 0 Å². The molecular weight excluding hydrogens is 270 g/mol. The number of hydrogen-bond donors (Lipinski definition) is 2. The van der Waals surface area contributed by atoms with Gasteiger partial charge in [-0.25, -0.2) is 0 Å². The molecule has 0 saturated heterocycles. The number of carboxylic acid groups (broad SMARTS) is 1. The van der Waals surface area contributed by atoms with Crippen molar-refractivity contribution in [1.82, 2.24) is 5.32 Å². The Morgan fingerprint density at radius 1 is 1.38 bits per heavy atom. The number of hydrogen-bond acceptors (Lipinski definition) is 3. The number of aryl methyl sites for hydroxylation is 1. The molecule has 1 saturated carbocycles. The Hall–Kier alpha value is -1.78. The van der Waals surface area contributed by atoms with Crippen LogP contribution >= 0.6 is 0 Å². The van der Waals surface area contributed by atoms with Gasteiger partial charge in [0.05, 0.1) is 11.8 Å². The fourth-order valence-electron chi connectivity index (χ4n) is 3.21. The zero-order valence-corrected chi connectivity index (χ0v) is 12.7. The van der Waals surface area contributed by atoms with Gasteiger partial charge < -0.3 is 14.8 Å². The highest BCUT2D eigenvalue weighted by Gasteiger charge is 2.32. The van der Waals surface area contributed by atoms with Gasteiger partial charge in [-0.3, -0.25) is 9.59 Å². The van der Waals surface area contributed by atoms with Crippen LogP contribution in [0.5, 0.6) is 0 Å². The van der Waals surface area contributed by atoms with Crippen molar-refractivity contribution < 1.29 is 19.1 Å². The van der Waals surface area contributed by atoms with Gasteiger partial charge in [-0.05, 0) is 31.6 Å². The standard InChI is InChI=1S/C16H23NO4/c1-3-16(6-4-5-7-16)10-17-15(20)14-11(2)9-21-12(14)8-13(18)19/h9H,3-8,10H2,1-2H3,(H,17,20)(H,18,19). The number of furan rings is 1. The minimum atomic E-state index is -1.00. The molecule has 5 nitrogen and oxygen atoms in total. The molecule has 0 unspecified atom stereocenters. The molecule has 0 aromatic carbocycles. The van der Waals surface area contributed by atoms with Crippen molar-refractivity contribution in [2.75, 3.05) is 6.54 Å². The van der Waals surface area contributed by atoms with E-state index in [9.17, 15) is 9.59 Å². The lowest BCUT2D eigenvalue weighted by Crippen LogP contribution is -2.36. The van der Waals surface area contributed by atoms with Gasteiger partial charge in [0, 0.05) is 12.1 Å². The van der Waals surface area contributed by atoms with Crippen LogP contribution in [0.1, 0.15) is 60.7 Å². The van der Waals surface area contributed by atoms with Crippen LogP contribution in [0.15, 0.2) is 10.7 Å². The summed E-state index contributed by atoms with van der Waals surface area (Å²) in [5, 5.41) is 11.9. The van der Waals surface area contributed by atoms with Gasteiger partial charge in [-0.2, -0.15) is 0 Å². The molecule has 0 spiro atoms. The van der Waals surface area contributed by atoms with Crippen LogP contribution in [-0.2, 0) is 11.2 Å². The smallest absolute Gasteiger partial charge is 0.311 e. The number of carboxylic acids is 1. The summed E-state index contributed by atoms with van der Waals surface area (Å²) in [6, 6.07) is 0. The molecule has 0 atom stereocenters. The number of aliphatic carboxylic acids is 1. The maximum absolute atomic E-state index is 12.4. The summed E-state index contributed by atoms with van der Waals surface area (Å²) in [5.41, 5.74) is 1.27. The van der Waals surface area contributed by atoms with E-state index in [4.69, 9.17) is 9.52 Å². The molecule has 1 aliphatic rings. The van der Waals surface area contributed by atoms with E-state index < -0.39 is 5.97 Å². The van der Waals surface area contributed by atoms with Gasteiger partial charge in [0.15, 0.2) is 0 Å². The lowest BCUT2D eigenvalue weighted by Gasteiger charge is -2.27. The second-order valence-electron chi connectivity index (χ2n) is 6.03. The molecule has 5 heteroatoms. The minimum Gasteiger partial charge on any atom is -0.481 e. The largest absolute Gasteiger partial charge is 0.481 e. The first-order valence-corrected chi connectivity index (χ1v) is 7.54. The molecule has 0 aliphatic heterocycles. The Morgan fingerprint density at radius 2 is 2.05 bits per heavy atom. The Kier molecular flexibility index (Phi) is 4.70. The van der Waals surface area contributed by atoms with Crippen molar-refractivity contribution in [2.24, 2.45) is 5.41 Å². The van der Waals surface area contributed by atoms with E-state index in [0.29, 0.717) is 17.7 Å². The summed E-state index contributed by atoms with van der Waals surface area (Å²) in [4.78, 5) is 23.2. The average molecular weight is 293 g/mol. The normalized spacial score (nSPS) is 16.9. The first kappa shape index (κ1) is 15.6. The molecule has 1 amide bonds. The van der Waals surface area contributed by atoms with E-state index in [1.807, 2.05) is 0 Å². The van der Waals surface area contributed by atoms with E-state index in [1.54, 1.807) is 6.92 Å². The van der Waals surface area contributed by atoms with Crippen molar-refractivity contribution in [1.29, 1.82) is 0 Å². The maximum atomic E-state index is 12.4. The Labute approximate surface area is 124 Å². The van der Waals surface area contributed by atoms with Crippen molar-refractivity contribution in [3.05, 3.63) is 23.2 Å². The van der Waals surface area contributed by atoms with E-state index in [2.05, 4.69) is 12.2 Å². The van der Waals surface area contributed by atoms with Crippen LogP contribution in [-0.4, -0.2) is 23.5 Å². The molecule has 2 N–H and O–H groups in total. The quantitative estimate of drug-likeness (QED) is 0.845. The SMILES string of the molecule is CCC1(CNC(=O)c2c(C)coc2CC(=O)O)CCCC1. The minimum absolute atomic E-state index is 0.209. The van der Waals surface area contributed by atoms with Crippen molar-refractivity contribution in [3.63, 3.8) is 0 Å². The fraction of sp³-hybridized carbons (Fsp3) is 0.625. The third-order valence-electron chi connectivity index (χ3n) is 4.63. The molecule has 21 heavy (non-hydrogen) atoms. The van der Waals surface area contributed by atoms with E-state index in [1.165, 1.54) is 19.1 Å². The summed E-state index contributed by atoms with van der Waals surface area (Å²) >= 11 is 0. The van der Waals surface area contributed by atoms with Crippen LogP contribution in [0.2, 0.25) is 0 Å². The zero-order chi connectivity index (χ0) is 15.5. The third-order valence-corrected chi connectivity index (χ3v) is 4.63. The second-order valence-corrected chi connectivity index (χ2v) is 6.03. The van der Waals surface area contributed by atoms with E-state index in [0.717, 1.165) is 19.3 Å². The van der Waals surface area contributed by atoms with Gasteiger partial charge in [-0.1, -0.05) is 19.8 Å². The van der Waals surface area contributed by atoms with Crippen LogP contribution in [0.4, 0.5) is 0 Å². The molecule has 2 rings (SSSR count). The molecule has 1 heterocycles. The lowest BCUT2D eigenvalue weighted by atomic mass is 9.83. The monoisotopic (exact) mass is 293 g/mol. The van der Waals surface area contributed by atoms with Crippen molar-refractivity contribution >= 4 is 11.9 Å². The average Bonchev–Trinajstić information content (AvgIpc) is 3.04. The number of carbonyl (C=O) groups excluding carboxylic acids is 1. The van der Waals surface area contributed by atoms with E-state index in [-0.39, 0.29) is 23.5 Å². The lowest BCUT2D eigenvalue weighted by molar-refractivity contribution is -0.136. The predicted octanol–water partition coefficient (Wildman–Crippen LogP) is 2.92. The van der Waals surface area contributed by atoms with Gasteiger partial charge in [-0.15, -0.1) is 0 Å². The van der Waals surface area contributed by atoms with Crippen LogP contribution < -0.4 is 5.32 Å². The highest BCUT2D eigenvalue weighted by atomic mass is 16.4.